The predicted octanol–water partition coefficient (Wildman–Crippen LogP) is 1.70. The van der Waals surface area contributed by atoms with Gasteiger partial charge < -0.3 is 15.2 Å². The molecular formula is C23H37N5O2. The maximum absolute atomic E-state index is 10.3. The Morgan fingerprint density at radius 3 is 2.63 bits per heavy atom. The van der Waals surface area contributed by atoms with Crippen LogP contribution in [0.2, 0.25) is 0 Å². The summed E-state index contributed by atoms with van der Waals surface area (Å²) in [6.07, 6.45) is 0.656. The Labute approximate surface area is 180 Å². The van der Waals surface area contributed by atoms with Crippen LogP contribution in [0, 0.1) is 13.8 Å². The smallest absolute Gasteiger partial charge is 0.119 e. The number of benzene rings is 1. The number of aromatic nitrogens is 2. The molecule has 0 amide bonds. The molecule has 0 aliphatic carbocycles. The van der Waals surface area contributed by atoms with Gasteiger partial charge in [0.25, 0.3) is 0 Å². The fourth-order valence-electron chi connectivity index (χ4n) is 4.00. The molecule has 0 radical (unpaired) electrons. The third-order valence-corrected chi connectivity index (χ3v) is 5.81. The number of aliphatic hydroxyl groups is 1. The van der Waals surface area contributed by atoms with E-state index in [1.165, 1.54) is 16.8 Å². The zero-order chi connectivity index (χ0) is 21.5. The number of hydrogen-bond acceptors (Lipinski definition) is 6. The van der Waals surface area contributed by atoms with Crippen molar-refractivity contribution in [2.24, 2.45) is 7.05 Å². The highest BCUT2D eigenvalue weighted by Gasteiger charge is 2.14. The summed E-state index contributed by atoms with van der Waals surface area (Å²) in [5, 5.41) is 18.2. The van der Waals surface area contributed by atoms with Crippen molar-refractivity contribution in [3.63, 3.8) is 0 Å². The van der Waals surface area contributed by atoms with Gasteiger partial charge >= 0.3 is 0 Å². The fraction of sp³-hybridized carbons (Fsp3) is 0.609. The van der Waals surface area contributed by atoms with Gasteiger partial charge in [-0.2, -0.15) is 5.10 Å². The zero-order valence-corrected chi connectivity index (χ0v) is 18.9. The van der Waals surface area contributed by atoms with Crippen molar-refractivity contribution in [3.05, 3.63) is 46.8 Å². The number of rotatable bonds is 9. The molecular weight excluding hydrogens is 378 g/mol. The topological polar surface area (TPSA) is 65.8 Å². The number of aryl methyl sites for hydroxylation is 2. The molecule has 1 aromatic heterocycles. The van der Waals surface area contributed by atoms with Gasteiger partial charge in [-0.05, 0) is 58.1 Å². The monoisotopic (exact) mass is 415 g/mol. The molecule has 1 unspecified atom stereocenters. The summed E-state index contributed by atoms with van der Waals surface area (Å²) in [6, 6.07) is 8.18. The second kappa shape index (κ2) is 10.9. The van der Waals surface area contributed by atoms with Crippen molar-refractivity contribution < 1.29 is 9.84 Å². The Balaban J connectivity index is 1.44. The van der Waals surface area contributed by atoms with Crippen LogP contribution in [-0.2, 0) is 20.1 Å². The molecule has 0 saturated carbocycles. The van der Waals surface area contributed by atoms with Crippen LogP contribution in [0.5, 0.6) is 5.75 Å². The van der Waals surface area contributed by atoms with Crippen LogP contribution in [0.25, 0.3) is 0 Å². The average molecular weight is 416 g/mol. The third-order valence-electron chi connectivity index (χ3n) is 5.81. The maximum atomic E-state index is 10.3. The second-order valence-corrected chi connectivity index (χ2v) is 8.46. The molecule has 1 fully saturated rings. The first-order valence-electron chi connectivity index (χ1n) is 10.9. The van der Waals surface area contributed by atoms with Crippen molar-refractivity contribution in [1.82, 2.24) is 24.9 Å². The Bertz CT molecular complexity index is 782. The van der Waals surface area contributed by atoms with Crippen LogP contribution < -0.4 is 10.1 Å². The van der Waals surface area contributed by atoms with Crippen LogP contribution >= 0.6 is 0 Å². The van der Waals surface area contributed by atoms with Crippen molar-refractivity contribution >= 4 is 0 Å². The summed E-state index contributed by atoms with van der Waals surface area (Å²) in [5.74, 6) is 0.803. The lowest BCUT2D eigenvalue weighted by Crippen LogP contribution is -2.37. The Hall–Kier alpha value is -1.93. The first-order chi connectivity index (χ1) is 14.4. The highest BCUT2D eigenvalue weighted by atomic mass is 16.5. The molecule has 2 N–H and O–H groups in total. The largest absolute Gasteiger partial charge is 0.491 e. The van der Waals surface area contributed by atoms with E-state index in [1.807, 2.05) is 23.9 Å². The Morgan fingerprint density at radius 2 is 1.93 bits per heavy atom. The van der Waals surface area contributed by atoms with Gasteiger partial charge in [-0.1, -0.05) is 12.1 Å². The number of aliphatic hydroxyl groups excluding tert-OH is 1. The Kier molecular flexibility index (Phi) is 8.27. The first kappa shape index (κ1) is 22.7. The van der Waals surface area contributed by atoms with E-state index in [4.69, 9.17) is 4.74 Å². The predicted molar refractivity (Wildman–Crippen MR) is 120 cm³/mol. The molecule has 30 heavy (non-hydrogen) atoms. The van der Waals surface area contributed by atoms with Gasteiger partial charge in [0.2, 0.25) is 0 Å². The molecule has 7 nitrogen and oxygen atoms in total. The lowest BCUT2D eigenvalue weighted by Gasteiger charge is -2.23. The summed E-state index contributed by atoms with van der Waals surface area (Å²) in [7, 11) is 4.12. The van der Waals surface area contributed by atoms with E-state index in [2.05, 4.69) is 53.2 Å². The lowest BCUT2D eigenvalue weighted by atomic mass is 10.1. The highest BCUT2D eigenvalue weighted by Crippen LogP contribution is 2.17. The van der Waals surface area contributed by atoms with Crippen LogP contribution in [0.4, 0.5) is 0 Å². The molecule has 7 heteroatoms. The summed E-state index contributed by atoms with van der Waals surface area (Å²) >= 11 is 0. The third kappa shape index (κ3) is 6.54. The van der Waals surface area contributed by atoms with Crippen molar-refractivity contribution in [2.75, 3.05) is 46.4 Å². The van der Waals surface area contributed by atoms with Crippen molar-refractivity contribution in [3.8, 4) is 5.75 Å². The van der Waals surface area contributed by atoms with Gasteiger partial charge in [-0.15, -0.1) is 0 Å². The van der Waals surface area contributed by atoms with Gasteiger partial charge in [0.05, 0.1) is 5.69 Å². The van der Waals surface area contributed by atoms with Gasteiger partial charge in [-0.25, -0.2) is 0 Å². The number of β-amino-alcohol motifs (C(OH)–C–C–N with tert-alkyl or cyclic N) is 1. The average Bonchev–Trinajstić information content (AvgIpc) is 2.90. The van der Waals surface area contributed by atoms with E-state index in [0.29, 0.717) is 13.2 Å². The minimum atomic E-state index is -0.472. The molecule has 3 rings (SSSR count). The molecule has 1 atom stereocenters. The number of ether oxygens (including phenoxy) is 1. The quantitative estimate of drug-likeness (QED) is 0.650. The number of nitrogens with one attached hydrogen (secondary N) is 1. The van der Waals surface area contributed by atoms with Gasteiger partial charge in [0.1, 0.15) is 18.5 Å². The van der Waals surface area contributed by atoms with E-state index in [1.54, 1.807) is 0 Å². The summed E-state index contributed by atoms with van der Waals surface area (Å²) in [6.45, 7) is 11.0. The molecule has 1 saturated heterocycles. The SMILES string of the molecule is Cc1nn(C)c(C)c1CN(C)Cc1ccc(OCC(O)CN2CCCNCC2)cc1. The van der Waals surface area contributed by atoms with Crippen molar-refractivity contribution in [2.45, 2.75) is 39.5 Å². The van der Waals surface area contributed by atoms with Gasteiger partial charge in [0, 0.05) is 51.0 Å². The normalized spacial score (nSPS) is 16.6. The maximum Gasteiger partial charge on any atom is 0.119 e. The molecule has 0 bridgehead atoms. The second-order valence-electron chi connectivity index (χ2n) is 8.46. The van der Waals surface area contributed by atoms with Crippen molar-refractivity contribution in [1.29, 1.82) is 0 Å². The molecule has 2 heterocycles. The van der Waals surface area contributed by atoms with E-state index in [0.717, 1.165) is 57.1 Å². The van der Waals surface area contributed by atoms with E-state index >= 15 is 0 Å². The summed E-state index contributed by atoms with van der Waals surface area (Å²) < 4.78 is 7.76. The summed E-state index contributed by atoms with van der Waals surface area (Å²) in [4.78, 5) is 4.60. The van der Waals surface area contributed by atoms with Gasteiger partial charge in [0.15, 0.2) is 0 Å². The molecule has 1 aromatic carbocycles. The molecule has 2 aromatic rings. The van der Waals surface area contributed by atoms with Crippen LogP contribution in [0.3, 0.4) is 0 Å². The highest BCUT2D eigenvalue weighted by molar-refractivity contribution is 5.28. The van der Waals surface area contributed by atoms with Crippen LogP contribution in [0.15, 0.2) is 24.3 Å². The molecule has 1 aliphatic rings. The lowest BCUT2D eigenvalue weighted by molar-refractivity contribution is 0.0703. The molecule has 1 aliphatic heterocycles. The standard InChI is InChI=1S/C23H37N5O2/c1-18-23(19(2)27(4)25-18)16-26(3)14-20-6-8-22(9-7-20)30-17-21(29)15-28-12-5-10-24-11-13-28/h6-9,21,24,29H,5,10-17H2,1-4H3. The molecule has 0 spiro atoms. The zero-order valence-electron chi connectivity index (χ0n) is 18.9. The van der Waals surface area contributed by atoms with E-state index in [-0.39, 0.29) is 0 Å². The Morgan fingerprint density at radius 1 is 1.17 bits per heavy atom. The number of hydrogen-bond donors (Lipinski definition) is 2. The summed E-state index contributed by atoms with van der Waals surface area (Å²) in [5.41, 5.74) is 4.86. The minimum absolute atomic E-state index is 0.322. The fourth-order valence-corrected chi connectivity index (χ4v) is 4.00. The number of nitrogens with zero attached hydrogens (tertiary/aromatic N) is 4. The minimum Gasteiger partial charge on any atom is -0.491 e. The van der Waals surface area contributed by atoms with E-state index < -0.39 is 6.10 Å². The molecule has 166 valence electrons. The van der Waals surface area contributed by atoms with Gasteiger partial charge in [-0.3, -0.25) is 14.5 Å². The van der Waals surface area contributed by atoms with E-state index in [9.17, 15) is 5.11 Å². The van der Waals surface area contributed by atoms with Crippen LogP contribution in [-0.4, -0.2) is 77.2 Å². The first-order valence-corrected chi connectivity index (χ1v) is 10.9. The van der Waals surface area contributed by atoms with Crippen LogP contribution in [0.1, 0.15) is 28.9 Å².